The molecule has 2 amide bonds. The molecule has 0 aliphatic carbocycles. The van der Waals surface area contributed by atoms with Gasteiger partial charge < -0.3 is 10.6 Å². The van der Waals surface area contributed by atoms with Gasteiger partial charge in [-0.25, -0.2) is 4.39 Å². The van der Waals surface area contributed by atoms with Crippen LogP contribution in [0, 0.1) is 5.82 Å². The number of rotatable bonds is 7. The highest BCUT2D eigenvalue weighted by Crippen LogP contribution is 2.03. The van der Waals surface area contributed by atoms with Gasteiger partial charge in [0.2, 0.25) is 11.8 Å². The molecule has 0 saturated carbocycles. The third kappa shape index (κ3) is 6.44. The van der Waals surface area contributed by atoms with Crippen LogP contribution in [0.4, 0.5) is 4.39 Å². The predicted octanol–water partition coefficient (Wildman–Crippen LogP) is 2.31. The number of benzene rings is 2. The zero-order valence-corrected chi connectivity index (χ0v) is 13.2. The van der Waals surface area contributed by atoms with E-state index in [1.807, 2.05) is 30.3 Å². The summed E-state index contributed by atoms with van der Waals surface area (Å²) in [7, 11) is 0. The van der Waals surface area contributed by atoms with E-state index < -0.39 is 0 Å². The first-order valence-electron chi connectivity index (χ1n) is 7.65. The van der Waals surface area contributed by atoms with Crippen LogP contribution < -0.4 is 10.6 Å². The van der Waals surface area contributed by atoms with E-state index >= 15 is 0 Å². The number of carbonyl (C=O) groups is 2. The van der Waals surface area contributed by atoms with E-state index in [-0.39, 0.29) is 24.1 Å². The lowest BCUT2D eigenvalue weighted by Gasteiger charge is -2.06. The maximum atomic E-state index is 12.8. The van der Waals surface area contributed by atoms with Crippen molar-refractivity contribution >= 4 is 17.9 Å². The number of hydrogen-bond acceptors (Lipinski definition) is 2. The third-order valence-electron chi connectivity index (χ3n) is 3.25. The van der Waals surface area contributed by atoms with Gasteiger partial charge >= 0.3 is 0 Å². The summed E-state index contributed by atoms with van der Waals surface area (Å²) in [6, 6.07) is 15.3. The molecule has 0 radical (unpaired) electrons. The zero-order chi connectivity index (χ0) is 17.2. The van der Waals surface area contributed by atoms with Crippen LogP contribution in [0.3, 0.4) is 0 Å². The molecule has 0 saturated heterocycles. The molecule has 0 heterocycles. The average Bonchev–Trinajstić information content (AvgIpc) is 2.60. The Labute approximate surface area is 140 Å². The van der Waals surface area contributed by atoms with Crippen LogP contribution in [-0.4, -0.2) is 24.9 Å². The molecule has 2 N–H and O–H groups in total. The molecular formula is C19H19FN2O2. The number of amides is 2. The van der Waals surface area contributed by atoms with Gasteiger partial charge in [-0.3, -0.25) is 9.59 Å². The van der Waals surface area contributed by atoms with Crippen LogP contribution in [0.15, 0.2) is 60.7 Å². The summed E-state index contributed by atoms with van der Waals surface area (Å²) >= 11 is 0. The molecule has 124 valence electrons. The lowest BCUT2D eigenvalue weighted by Crippen LogP contribution is -2.34. The van der Waals surface area contributed by atoms with Gasteiger partial charge in [-0.2, -0.15) is 0 Å². The molecule has 2 aromatic rings. The fourth-order valence-corrected chi connectivity index (χ4v) is 2.03. The summed E-state index contributed by atoms with van der Waals surface area (Å²) in [4.78, 5) is 23.4. The van der Waals surface area contributed by atoms with Crippen molar-refractivity contribution in [1.29, 1.82) is 0 Å². The van der Waals surface area contributed by atoms with Crippen LogP contribution in [0.1, 0.15) is 11.1 Å². The second-order valence-corrected chi connectivity index (χ2v) is 5.19. The smallest absolute Gasteiger partial charge is 0.244 e. The molecule has 4 nitrogen and oxygen atoms in total. The minimum Gasteiger partial charge on any atom is -0.354 e. The molecular weight excluding hydrogens is 307 g/mol. The van der Waals surface area contributed by atoms with E-state index in [1.165, 1.54) is 18.2 Å². The zero-order valence-electron chi connectivity index (χ0n) is 13.2. The summed E-state index contributed by atoms with van der Waals surface area (Å²) in [6.07, 6.45) is 3.36. The quantitative estimate of drug-likeness (QED) is 0.606. The Balaban J connectivity index is 1.63. The van der Waals surface area contributed by atoms with Gasteiger partial charge in [-0.1, -0.05) is 42.5 Å². The fourth-order valence-electron chi connectivity index (χ4n) is 2.03. The highest BCUT2D eigenvalue weighted by molar-refractivity contribution is 5.91. The van der Waals surface area contributed by atoms with Crippen LogP contribution in [0.2, 0.25) is 0 Å². The molecule has 0 unspecified atom stereocenters. The lowest BCUT2D eigenvalue weighted by molar-refractivity contribution is -0.121. The highest BCUT2D eigenvalue weighted by atomic mass is 19.1. The molecule has 0 bridgehead atoms. The maximum absolute atomic E-state index is 12.8. The Kier molecular flexibility index (Phi) is 6.71. The summed E-state index contributed by atoms with van der Waals surface area (Å²) < 4.78 is 12.8. The molecule has 0 aliphatic heterocycles. The maximum Gasteiger partial charge on any atom is 0.244 e. The Hall–Kier alpha value is -2.95. The van der Waals surface area contributed by atoms with Crippen LogP contribution in [-0.2, 0) is 16.0 Å². The van der Waals surface area contributed by atoms with Crippen molar-refractivity contribution in [2.45, 2.75) is 6.42 Å². The van der Waals surface area contributed by atoms with E-state index in [9.17, 15) is 14.0 Å². The van der Waals surface area contributed by atoms with Crippen LogP contribution in [0.5, 0.6) is 0 Å². The van der Waals surface area contributed by atoms with Crippen molar-refractivity contribution in [1.82, 2.24) is 10.6 Å². The van der Waals surface area contributed by atoms with Crippen molar-refractivity contribution in [3.63, 3.8) is 0 Å². The lowest BCUT2D eigenvalue weighted by atomic mass is 10.1. The Bertz CT molecular complexity index is 697. The van der Waals surface area contributed by atoms with E-state index in [0.717, 1.165) is 11.1 Å². The summed E-state index contributed by atoms with van der Waals surface area (Å²) in [6.45, 7) is 0.679. The van der Waals surface area contributed by atoms with E-state index in [4.69, 9.17) is 0 Å². The molecule has 2 aromatic carbocycles. The van der Waals surface area contributed by atoms with Crippen molar-refractivity contribution in [2.24, 2.45) is 0 Å². The average molecular weight is 326 g/mol. The topological polar surface area (TPSA) is 58.2 Å². The molecule has 5 heteroatoms. The molecule has 2 rings (SSSR count). The molecule has 0 spiro atoms. The predicted molar refractivity (Wildman–Crippen MR) is 91.6 cm³/mol. The summed E-state index contributed by atoms with van der Waals surface area (Å²) in [5, 5.41) is 5.39. The third-order valence-corrected chi connectivity index (χ3v) is 3.25. The first-order valence-corrected chi connectivity index (χ1v) is 7.65. The van der Waals surface area contributed by atoms with Crippen molar-refractivity contribution < 1.29 is 14.0 Å². The molecule has 0 fully saturated rings. The second-order valence-electron chi connectivity index (χ2n) is 5.19. The van der Waals surface area contributed by atoms with Gasteiger partial charge in [-0.05, 0) is 29.3 Å². The summed E-state index contributed by atoms with van der Waals surface area (Å²) in [5.41, 5.74) is 1.68. The standard InChI is InChI=1S/C19H19FN2O2/c20-17-9-6-16(7-10-17)14-19(24)22-13-12-21-18(23)11-8-15-4-2-1-3-5-15/h1-11H,12-14H2,(H,21,23)(H,22,24)/b11-8+. The molecule has 0 aromatic heterocycles. The van der Waals surface area contributed by atoms with Gasteiger partial charge in [0.1, 0.15) is 5.82 Å². The number of carbonyl (C=O) groups excluding carboxylic acids is 2. The minimum atomic E-state index is -0.328. The normalized spacial score (nSPS) is 10.5. The Morgan fingerprint density at radius 3 is 2.29 bits per heavy atom. The van der Waals surface area contributed by atoms with Crippen molar-refractivity contribution in [3.05, 3.63) is 77.6 Å². The first kappa shape index (κ1) is 17.4. The first-order chi connectivity index (χ1) is 11.6. The Morgan fingerprint density at radius 2 is 1.58 bits per heavy atom. The largest absolute Gasteiger partial charge is 0.354 e. The van der Waals surface area contributed by atoms with Gasteiger partial charge in [0.15, 0.2) is 0 Å². The fraction of sp³-hybridized carbons (Fsp3) is 0.158. The number of halogens is 1. The molecule has 0 aliphatic rings. The highest BCUT2D eigenvalue weighted by Gasteiger charge is 2.03. The summed E-state index contributed by atoms with van der Waals surface area (Å²) in [5.74, 6) is -0.715. The Morgan fingerprint density at radius 1 is 0.917 bits per heavy atom. The van der Waals surface area contributed by atoms with Gasteiger partial charge in [-0.15, -0.1) is 0 Å². The van der Waals surface area contributed by atoms with Gasteiger partial charge in [0, 0.05) is 19.2 Å². The van der Waals surface area contributed by atoms with E-state index in [2.05, 4.69) is 10.6 Å². The molecule has 0 atom stereocenters. The van der Waals surface area contributed by atoms with E-state index in [0.29, 0.717) is 13.1 Å². The second kappa shape index (κ2) is 9.25. The van der Waals surface area contributed by atoms with E-state index in [1.54, 1.807) is 18.2 Å². The van der Waals surface area contributed by atoms with Crippen molar-refractivity contribution in [3.8, 4) is 0 Å². The monoisotopic (exact) mass is 326 g/mol. The van der Waals surface area contributed by atoms with Crippen molar-refractivity contribution in [2.75, 3.05) is 13.1 Å². The van der Waals surface area contributed by atoms with Crippen LogP contribution in [0.25, 0.3) is 6.08 Å². The van der Waals surface area contributed by atoms with Gasteiger partial charge in [0.25, 0.3) is 0 Å². The molecule has 24 heavy (non-hydrogen) atoms. The van der Waals surface area contributed by atoms with Crippen LogP contribution >= 0.6 is 0 Å². The number of nitrogens with one attached hydrogen (secondary N) is 2. The van der Waals surface area contributed by atoms with Gasteiger partial charge in [0.05, 0.1) is 6.42 Å². The number of hydrogen-bond donors (Lipinski definition) is 2. The SMILES string of the molecule is O=C(/C=C/c1ccccc1)NCCNC(=O)Cc1ccc(F)cc1. The minimum absolute atomic E-state index is 0.171.